The van der Waals surface area contributed by atoms with Gasteiger partial charge in [0.1, 0.15) is 6.61 Å². The molecule has 144 valence electrons. The quantitative estimate of drug-likeness (QED) is 0.701. The Morgan fingerprint density at radius 3 is 2.38 bits per heavy atom. The number of nitrogens with one attached hydrogen (secondary N) is 1. The van der Waals surface area contributed by atoms with E-state index < -0.39 is 0 Å². The largest absolute Gasteiger partial charge is 0.382 e. The molecule has 1 aliphatic heterocycles. The van der Waals surface area contributed by atoms with E-state index in [0.29, 0.717) is 31.9 Å². The summed E-state index contributed by atoms with van der Waals surface area (Å²) in [7, 11) is 5.53. The van der Waals surface area contributed by atoms with Crippen molar-refractivity contribution in [2.45, 2.75) is 18.9 Å². The van der Waals surface area contributed by atoms with Crippen LogP contribution in [0, 0.1) is 0 Å². The van der Waals surface area contributed by atoms with Gasteiger partial charge in [-0.1, -0.05) is 0 Å². The molecule has 7 heteroatoms. The van der Waals surface area contributed by atoms with Gasteiger partial charge in [0.25, 0.3) is 5.91 Å². The standard InChI is InChI=1S/C19H29N3O4/c1-21(2)17-6-4-15(5-7-17)19(24)22-10-8-16(9-11-22)20-18(23)14-26-13-12-25-3/h4-7,16H,8-14H2,1-3H3,(H,20,23). The van der Waals surface area contributed by atoms with Crippen LogP contribution in [0.1, 0.15) is 23.2 Å². The molecule has 1 N–H and O–H groups in total. The Morgan fingerprint density at radius 2 is 1.81 bits per heavy atom. The Morgan fingerprint density at radius 1 is 1.15 bits per heavy atom. The molecule has 1 aromatic rings. The second-order valence-electron chi connectivity index (χ2n) is 6.62. The van der Waals surface area contributed by atoms with Crippen LogP contribution in [0.5, 0.6) is 0 Å². The zero-order valence-corrected chi connectivity index (χ0v) is 15.9. The minimum absolute atomic E-state index is 0.0424. The molecule has 0 aliphatic carbocycles. The first kappa shape index (κ1) is 20.2. The summed E-state index contributed by atoms with van der Waals surface area (Å²) in [5.74, 6) is -0.0758. The first-order valence-electron chi connectivity index (χ1n) is 8.94. The molecule has 0 saturated carbocycles. The van der Waals surface area contributed by atoms with Crippen LogP contribution in [0.2, 0.25) is 0 Å². The second-order valence-corrected chi connectivity index (χ2v) is 6.62. The van der Waals surface area contributed by atoms with Crippen LogP contribution < -0.4 is 10.2 Å². The first-order chi connectivity index (χ1) is 12.5. The third-order valence-corrected chi connectivity index (χ3v) is 4.44. The molecule has 0 bridgehead atoms. The summed E-state index contributed by atoms with van der Waals surface area (Å²) in [6.07, 6.45) is 1.51. The maximum Gasteiger partial charge on any atom is 0.253 e. The van der Waals surface area contributed by atoms with Crippen molar-refractivity contribution >= 4 is 17.5 Å². The molecule has 2 rings (SSSR count). The maximum absolute atomic E-state index is 12.6. The van der Waals surface area contributed by atoms with Crippen LogP contribution in [-0.2, 0) is 14.3 Å². The lowest BCUT2D eigenvalue weighted by Crippen LogP contribution is -2.47. The van der Waals surface area contributed by atoms with E-state index in [2.05, 4.69) is 5.32 Å². The maximum atomic E-state index is 12.6. The molecule has 0 spiro atoms. The van der Waals surface area contributed by atoms with Crippen LogP contribution >= 0.6 is 0 Å². The predicted molar refractivity (Wildman–Crippen MR) is 101 cm³/mol. The van der Waals surface area contributed by atoms with Crippen molar-refractivity contribution in [3.8, 4) is 0 Å². The molecule has 1 heterocycles. The van der Waals surface area contributed by atoms with Gasteiger partial charge in [-0.25, -0.2) is 0 Å². The fourth-order valence-electron chi connectivity index (χ4n) is 2.89. The number of piperidine rings is 1. The number of amides is 2. The predicted octanol–water partition coefficient (Wildman–Crippen LogP) is 1.14. The molecule has 0 aromatic heterocycles. The monoisotopic (exact) mass is 363 g/mol. The summed E-state index contributed by atoms with van der Waals surface area (Å²) in [5, 5.41) is 2.97. The van der Waals surface area contributed by atoms with Gasteiger partial charge in [0.2, 0.25) is 5.91 Å². The van der Waals surface area contributed by atoms with Crippen LogP contribution in [0.15, 0.2) is 24.3 Å². The highest BCUT2D eigenvalue weighted by Gasteiger charge is 2.24. The number of methoxy groups -OCH3 is 1. The normalized spacial score (nSPS) is 15.0. The van der Waals surface area contributed by atoms with Crippen molar-refractivity contribution in [1.29, 1.82) is 0 Å². The molecule has 1 aliphatic rings. The molecular formula is C19H29N3O4. The van der Waals surface area contributed by atoms with Crippen LogP contribution in [0.25, 0.3) is 0 Å². The lowest BCUT2D eigenvalue weighted by molar-refractivity contribution is -0.127. The number of likely N-dealkylation sites (tertiary alicyclic amines) is 1. The number of benzene rings is 1. The number of hydrogen-bond donors (Lipinski definition) is 1. The van der Waals surface area contributed by atoms with Gasteiger partial charge in [0.15, 0.2) is 0 Å². The number of hydrogen-bond acceptors (Lipinski definition) is 5. The minimum atomic E-state index is -0.120. The molecule has 7 nitrogen and oxygen atoms in total. The van der Waals surface area contributed by atoms with Gasteiger partial charge in [0, 0.05) is 51.6 Å². The van der Waals surface area contributed by atoms with Crippen molar-refractivity contribution in [3.05, 3.63) is 29.8 Å². The number of carbonyl (C=O) groups excluding carboxylic acids is 2. The number of ether oxygens (including phenoxy) is 2. The fraction of sp³-hybridized carbons (Fsp3) is 0.579. The van der Waals surface area contributed by atoms with E-state index in [0.717, 1.165) is 18.5 Å². The lowest BCUT2D eigenvalue weighted by Gasteiger charge is -2.32. The van der Waals surface area contributed by atoms with E-state index in [1.165, 1.54) is 0 Å². The molecule has 1 aromatic carbocycles. The Kier molecular flexibility index (Phi) is 7.87. The van der Waals surface area contributed by atoms with Crippen molar-refractivity contribution in [3.63, 3.8) is 0 Å². The van der Waals surface area contributed by atoms with E-state index in [4.69, 9.17) is 9.47 Å². The number of rotatable bonds is 8. The van der Waals surface area contributed by atoms with Crippen LogP contribution in [0.4, 0.5) is 5.69 Å². The molecule has 1 saturated heterocycles. The van der Waals surface area contributed by atoms with E-state index in [-0.39, 0.29) is 24.5 Å². The molecular weight excluding hydrogens is 334 g/mol. The van der Waals surface area contributed by atoms with Gasteiger partial charge in [-0.3, -0.25) is 9.59 Å². The summed E-state index contributed by atoms with van der Waals surface area (Å²) in [6, 6.07) is 7.72. The van der Waals surface area contributed by atoms with E-state index in [1.807, 2.05) is 48.2 Å². The highest BCUT2D eigenvalue weighted by Crippen LogP contribution is 2.17. The van der Waals surface area contributed by atoms with Gasteiger partial charge in [-0.15, -0.1) is 0 Å². The van der Waals surface area contributed by atoms with Crippen molar-refractivity contribution in [1.82, 2.24) is 10.2 Å². The number of carbonyl (C=O) groups is 2. The molecule has 0 atom stereocenters. The van der Waals surface area contributed by atoms with Gasteiger partial charge < -0.3 is 24.6 Å². The Bertz CT molecular complexity index is 581. The number of nitrogens with zero attached hydrogens (tertiary/aromatic N) is 2. The van der Waals surface area contributed by atoms with Gasteiger partial charge >= 0.3 is 0 Å². The molecule has 0 unspecified atom stereocenters. The summed E-state index contributed by atoms with van der Waals surface area (Å²) in [6.45, 7) is 2.21. The van der Waals surface area contributed by atoms with Crippen molar-refractivity contribution in [2.75, 3.05) is 59.0 Å². The van der Waals surface area contributed by atoms with Gasteiger partial charge in [-0.2, -0.15) is 0 Å². The summed E-state index contributed by atoms with van der Waals surface area (Å²) < 4.78 is 10.1. The highest BCUT2D eigenvalue weighted by atomic mass is 16.5. The number of anilines is 1. The first-order valence-corrected chi connectivity index (χ1v) is 8.94. The average Bonchev–Trinajstić information content (AvgIpc) is 2.65. The third-order valence-electron chi connectivity index (χ3n) is 4.44. The Balaban J connectivity index is 1.75. The highest BCUT2D eigenvalue weighted by molar-refractivity contribution is 5.94. The minimum Gasteiger partial charge on any atom is -0.382 e. The van der Waals surface area contributed by atoms with Crippen molar-refractivity contribution in [2.24, 2.45) is 0 Å². The summed E-state index contributed by atoms with van der Waals surface area (Å²) in [4.78, 5) is 28.3. The third kappa shape index (κ3) is 6.00. The average molecular weight is 363 g/mol. The van der Waals surface area contributed by atoms with Crippen molar-refractivity contribution < 1.29 is 19.1 Å². The van der Waals surface area contributed by atoms with Gasteiger partial charge in [0.05, 0.1) is 13.2 Å². The molecule has 26 heavy (non-hydrogen) atoms. The topological polar surface area (TPSA) is 71.1 Å². The second kappa shape index (κ2) is 10.1. The Hall–Kier alpha value is -2.12. The van der Waals surface area contributed by atoms with E-state index >= 15 is 0 Å². The molecule has 1 fully saturated rings. The zero-order chi connectivity index (χ0) is 18.9. The van der Waals surface area contributed by atoms with E-state index in [9.17, 15) is 9.59 Å². The fourth-order valence-corrected chi connectivity index (χ4v) is 2.89. The molecule has 0 radical (unpaired) electrons. The zero-order valence-electron chi connectivity index (χ0n) is 15.9. The summed E-state index contributed by atoms with van der Waals surface area (Å²) in [5.41, 5.74) is 1.76. The van der Waals surface area contributed by atoms with E-state index in [1.54, 1.807) is 7.11 Å². The van der Waals surface area contributed by atoms with Crippen LogP contribution in [-0.4, -0.2) is 76.9 Å². The summed E-state index contributed by atoms with van der Waals surface area (Å²) >= 11 is 0. The van der Waals surface area contributed by atoms with Gasteiger partial charge in [-0.05, 0) is 37.1 Å². The lowest BCUT2D eigenvalue weighted by atomic mass is 10.0. The smallest absolute Gasteiger partial charge is 0.253 e. The Labute approximate surface area is 155 Å². The van der Waals surface area contributed by atoms with Crippen LogP contribution in [0.3, 0.4) is 0 Å². The molecule has 2 amide bonds. The SMILES string of the molecule is COCCOCC(=O)NC1CCN(C(=O)c2ccc(N(C)C)cc2)CC1.